The van der Waals surface area contributed by atoms with Crippen LogP contribution in [0.2, 0.25) is 0 Å². The number of amides is 2. The third-order valence-corrected chi connectivity index (χ3v) is 5.31. The molecule has 1 atom stereocenters. The van der Waals surface area contributed by atoms with Crippen molar-refractivity contribution in [2.24, 2.45) is 0 Å². The molecule has 2 N–H and O–H groups in total. The number of nitrogens with one attached hydrogen (secondary N) is 2. The van der Waals surface area contributed by atoms with Gasteiger partial charge in [-0.15, -0.1) is 0 Å². The van der Waals surface area contributed by atoms with E-state index in [2.05, 4.69) is 10.6 Å². The van der Waals surface area contributed by atoms with E-state index in [0.717, 1.165) is 0 Å². The number of hydrogen-bond donors (Lipinski definition) is 2. The van der Waals surface area contributed by atoms with Gasteiger partial charge in [0, 0.05) is 37.8 Å². The zero-order valence-corrected chi connectivity index (χ0v) is 18.0. The van der Waals surface area contributed by atoms with Gasteiger partial charge in [-0.1, -0.05) is 24.3 Å². The molecule has 0 spiro atoms. The largest absolute Gasteiger partial charge is 0.319 e. The van der Waals surface area contributed by atoms with Gasteiger partial charge in [-0.25, -0.2) is 0 Å². The lowest BCUT2D eigenvalue weighted by Crippen LogP contribution is -2.54. The number of nitro groups is 2. The van der Waals surface area contributed by atoms with Crippen LogP contribution in [0.5, 0.6) is 0 Å². The van der Waals surface area contributed by atoms with E-state index in [9.17, 15) is 29.8 Å². The Bertz CT molecular complexity index is 1060. The number of rotatable bonds is 8. The van der Waals surface area contributed by atoms with E-state index in [1.54, 1.807) is 12.1 Å². The van der Waals surface area contributed by atoms with Crippen LogP contribution in [-0.2, 0) is 9.59 Å². The van der Waals surface area contributed by atoms with Gasteiger partial charge in [0.1, 0.15) is 11.4 Å². The summed E-state index contributed by atoms with van der Waals surface area (Å²) in [7, 11) is 0. The number of piperazine rings is 1. The molecule has 2 aromatic carbocycles. The quantitative estimate of drug-likeness (QED) is 0.453. The third-order valence-electron chi connectivity index (χ3n) is 5.31. The Morgan fingerprint density at radius 3 is 1.85 bits per heavy atom. The Balaban J connectivity index is 1.51. The van der Waals surface area contributed by atoms with E-state index in [-0.39, 0.29) is 53.7 Å². The maximum atomic E-state index is 12.4. The molecule has 2 aromatic rings. The number of carbonyl (C=O) groups is 2. The molecular weight excluding hydrogens is 432 g/mol. The maximum Gasteiger partial charge on any atom is 0.292 e. The molecule has 12 heteroatoms. The van der Waals surface area contributed by atoms with Crippen molar-refractivity contribution in [3.8, 4) is 0 Å². The van der Waals surface area contributed by atoms with Gasteiger partial charge in [0.15, 0.2) is 0 Å². The van der Waals surface area contributed by atoms with Gasteiger partial charge in [0.2, 0.25) is 11.8 Å². The van der Waals surface area contributed by atoms with Gasteiger partial charge in [-0.3, -0.25) is 39.6 Å². The first-order valence-electron chi connectivity index (χ1n) is 10.3. The van der Waals surface area contributed by atoms with Crippen LogP contribution in [0, 0.1) is 20.2 Å². The smallest absolute Gasteiger partial charge is 0.292 e. The molecule has 2 amide bonds. The van der Waals surface area contributed by atoms with Gasteiger partial charge >= 0.3 is 0 Å². The molecule has 12 nitrogen and oxygen atoms in total. The topological polar surface area (TPSA) is 151 Å². The highest BCUT2D eigenvalue weighted by Gasteiger charge is 2.27. The Hall–Kier alpha value is -3.90. The zero-order valence-electron chi connectivity index (χ0n) is 18.0. The summed E-state index contributed by atoms with van der Waals surface area (Å²) in [5.74, 6) is -0.724. The number of anilines is 2. The number of carbonyl (C=O) groups excluding carboxylic acids is 2. The van der Waals surface area contributed by atoms with Crippen molar-refractivity contribution in [3.05, 3.63) is 68.8 Å². The third kappa shape index (κ3) is 6.30. The fraction of sp³-hybridized carbons (Fsp3) is 0.333. The fourth-order valence-corrected chi connectivity index (χ4v) is 3.69. The molecule has 0 aromatic heterocycles. The predicted octanol–water partition coefficient (Wildman–Crippen LogP) is 2.09. The van der Waals surface area contributed by atoms with Crippen LogP contribution in [0.4, 0.5) is 22.7 Å². The molecule has 0 saturated carbocycles. The highest BCUT2D eigenvalue weighted by Crippen LogP contribution is 2.24. The van der Waals surface area contributed by atoms with Gasteiger partial charge in [-0.2, -0.15) is 0 Å². The van der Waals surface area contributed by atoms with E-state index in [0.29, 0.717) is 19.6 Å². The lowest BCUT2D eigenvalue weighted by molar-refractivity contribution is -0.384. The fourth-order valence-electron chi connectivity index (χ4n) is 3.69. The highest BCUT2D eigenvalue weighted by atomic mass is 16.6. The number of para-hydroxylation sites is 4. The standard InChI is InChI=1S/C21H24N6O6/c1-15-12-24(13-20(28)22-16-6-2-4-8-18(16)26(30)31)10-11-25(15)14-21(29)23-17-7-3-5-9-19(17)27(32)33/h2-9,15H,10-14H2,1H3,(H,22,28)(H,23,29). The number of nitro benzene ring substituents is 2. The summed E-state index contributed by atoms with van der Waals surface area (Å²) in [6.45, 7) is 3.60. The van der Waals surface area contributed by atoms with Gasteiger partial charge < -0.3 is 10.6 Å². The molecule has 1 fully saturated rings. The summed E-state index contributed by atoms with van der Waals surface area (Å²) in [5.41, 5.74) is -0.0570. The van der Waals surface area contributed by atoms with Crippen molar-refractivity contribution in [1.29, 1.82) is 0 Å². The molecule has 0 bridgehead atoms. The van der Waals surface area contributed by atoms with Crippen LogP contribution in [-0.4, -0.2) is 70.2 Å². The molecule has 1 unspecified atom stereocenters. The summed E-state index contributed by atoms with van der Waals surface area (Å²) in [6.07, 6.45) is 0. The summed E-state index contributed by atoms with van der Waals surface area (Å²) in [5, 5.41) is 27.4. The number of hydrogen-bond acceptors (Lipinski definition) is 8. The number of benzene rings is 2. The first-order valence-corrected chi connectivity index (χ1v) is 10.3. The van der Waals surface area contributed by atoms with Crippen molar-refractivity contribution in [2.45, 2.75) is 13.0 Å². The van der Waals surface area contributed by atoms with E-state index >= 15 is 0 Å². The van der Waals surface area contributed by atoms with Crippen LogP contribution >= 0.6 is 0 Å². The molecule has 0 radical (unpaired) electrons. The predicted molar refractivity (Wildman–Crippen MR) is 121 cm³/mol. The zero-order chi connectivity index (χ0) is 24.0. The monoisotopic (exact) mass is 456 g/mol. The second-order valence-corrected chi connectivity index (χ2v) is 7.70. The summed E-state index contributed by atoms with van der Waals surface area (Å²) in [6, 6.07) is 11.8. The molecule has 1 saturated heterocycles. The van der Waals surface area contributed by atoms with Crippen LogP contribution in [0.1, 0.15) is 6.92 Å². The van der Waals surface area contributed by atoms with Crippen molar-refractivity contribution >= 4 is 34.6 Å². The van der Waals surface area contributed by atoms with Crippen molar-refractivity contribution in [3.63, 3.8) is 0 Å². The van der Waals surface area contributed by atoms with Crippen LogP contribution < -0.4 is 10.6 Å². The minimum Gasteiger partial charge on any atom is -0.319 e. The van der Waals surface area contributed by atoms with Crippen molar-refractivity contribution in [1.82, 2.24) is 9.80 Å². The van der Waals surface area contributed by atoms with Crippen LogP contribution in [0.25, 0.3) is 0 Å². The number of nitrogens with zero attached hydrogens (tertiary/aromatic N) is 4. The van der Waals surface area contributed by atoms with Crippen LogP contribution in [0.3, 0.4) is 0 Å². The minimum absolute atomic E-state index is 0.0471. The molecule has 1 aliphatic heterocycles. The molecule has 33 heavy (non-hydrogen) atoms. The highest BCUT2D eigenvalue weighted by molar-refractivity contribution is 5.95. The average Bonchev–Trinajstić information content (AvgIpc) is 2.76. The van der Waals surface area contributed by atoms with Crippen molar-refractivity contribution < 1.29 is 19.4 Å². The van der Waals surface area contributed by atoms with Gasteiger partial charge in [-0.05, 0) is 19.1 Å². The molecule has 3 rings (SSSR count). The van der Waals surface area contributed by atoms with Crippen LogP contribution in [0.15, 0.2) is 48.5 Å². The molecule has 0 aliphatic carbocycles. The minimum atomic E-state index is -0.550. The Labute approximate surface area is 189 Å². The van der Waals surface area contributed by atoms with E-state index in [1.165, 1.54) is 36.4 Å². The molecule has 1 heterocycles. The van der Waals surface area contributed by atoms with Crippen molar-refractivity contribution in [2.75, 3.05) is 43.4 Å². The first-order chi connectivity index (χ1) is 15.7. The summed E-state index contributed by atoms with van der Waals surface area (Å²) >= 11 is 0. The molecule has 1 aliphatic rings. The van der Waals surface area contributed by atoms with Gasteiger partial charge in [0.05, 0.1) is 22.9 Å². The average molecular weight is 456 g/mol. The first kappa shape index (κ1) is 23.8. The second kappa shape index (κ2) is 10.6. The maximum absolute atomic E-state index is 12.4. The van der Waals surface area contributed by atoms with E-state index in [4.69, 9.17) is 0 Å². The SMILES string of the molecule is CC1CN(CC(=O)Nc2ccccc2[N+](=O)[O-])CCN1CC(=O)Nc1ccccc1[N+](=O)[O-]. The van der Waals surface area contributed by atoms with E-state index < -0.39 is 9.85 Å². The lowest BCUT2D eigenvalue weighted by atomic mass is 10.2. The normalized spacial score (nSPS) is 16.7. The molecule has 174 valence electrons. The lowest BCUT2D eigenvalue weighted by Gasteiger charge is -2.39. The summed E-state index contributed by atoms with van der Waals surface area (Å²) < 4.78 is 0. The summed E-state index contributed by atoms with van der Waals surface area (Å²) in [4.78, 5) is 49.8. The Morgan fingerprint density at radius 2 is 1.36 bits per heavy atom. The van der Waals surface area contributed by atoms with E-state index in [1.807, 2.05) is 16.7 Å². The Morgan fingerprint density at radius 1 is 0.879 bits per heavy atom. The second-order valence-electron chi connectivity index (χ2n) is 7.70. The van der Waals surface area contributed by atoms with Gasteiger partial charge in [0.25, 0.3) is 11.4 Å². The Kier molecular flexibility index (Phi) is 7.64. The molecular formula is C21H24N6O6.